The van der Waals surface area contributed by atoms with E-state index in [1.165, 1.54) is 0 Å². The minimum Gasteiger partial charge on any atom is -0.462 e. The summed E-state index contributed by atoms with van der Waals surface area (Å²) in [6.07, 6.45) is 0.938. The van der Waals surface area contributed by atoms with Gasteiger partial charge in [-0.05, 0) is 31.0 Å². The normalized spacial score (nSPS) is 9.69. The number of carbonyl (C=O) groups excluding carboxylic acids is 1. The lowest BCUT2D eigenvalue weighted by molar-refractivity contribution is 0.0526. The van der Waals surface area contributed by atoms with Crippen LogP contribution in [-0.4, -0.2) is 12.6 Å². The Hall–Kier alpha value is -1.31. The quantitative estimate of drug-likeness (QED) is 0.664. The number of rotatable bonds is 3. The van der Waals surface area contributed by atoms with Gasteiger partial charge in [0.05, 0.1) is 12.2 Å². The summed E-state index contributed by atoms with van der Waals surface area (Å²) in [5.41, 5.74) is 1.80. The molecule has 0 aliphatic carbocycles. The standard InChI is InChI=1S/C11H14O2/c1-3-9-6-5-7-10(8-9)11(12)13-4-2/h5-8H,3-4H2,1-2H3. The molecule has 0 spiro atoms. The second-order valence-corrected chi connectivity index (χ2v) is 2.77. The first kappa shape index (κ1) is 9.78. The highest BCUT2D eigenvalue weighted by atomic mass is 16.5. The second kappa shape index (κ2) is 4.65. The average molecular weight is 178 g/mol. The van der Waals surface area contributed by atoms with Gasteiger partial charge in [0.25, 0.3) is 0 Å². The fourth-order valence-electron chi connectivity index (χ4n) is 1.13. The van der Waals surface area contributed by atoms with E-state index in [1.54, 1.807) is 6.07 Å². The van der Waals surface area contributed by atoms with Crippen LogP contribution in [0.3, 0.4) is 0 Å². The number of hydrogen-bond donors (Lipinski definition) is 0. The number of benzene rings is 1. The molecule has 2 nitrogen and oxygen atoms in total. The molecule has 1 aromatic rings. The summed E-state index contributed by atoms with van der Waals surface area (Å²) in [7, 11) is 0. The molecule has 2 heteroatoms. The van der Waals surface area contributed by atoms with Crippen LogP contribution in [0.15, 0.2) is 24.3 Å². The van der Waals surface area contributed by atoms with Gasteiger partial charge in [0.1, 0.15) is 0 Å². The molecule has 0 N–H and O–H groups in total. The van der Waals surface area contributed by atoms with Crippen molar-refractivity contribution in [1.82, 2.24) is 0 Å². The Bertz CT molecular complexity index is 292. The average Bonchev–Trinajstić information content (AvgIpc) is 2.18. The van der Waals surface area contributed by atoms with Crippen LogP contribution in [-0.2, 0) is 11.2 Å². The van der Waals surface area contributed by atoms with E-state index in [1.807, 2.05) is 25.1 Å². The number of ether oxygens (including phenoxy) is 1. The Morgan fingerprint density at radius 2 is 2.15 bits per heavy atom. The predicted molar refractivity (Wildman–Crippen MR) is 51.8 cm³/mol. The van der Waals surface area contributed by atoms with Gasteiger partial charge in [-0.15, -0.1) is 0 Å². The Balaban J connectivity index is 2.82. The Morgan fingerprint density at radius 1 is 1.38 bits per heavy atom. The maximum absolute atomic E-state index is 11.3. The van der Waals surface area contributed by atoms with Crippen molar-refractivity contribution in [1.29, 1.82) is 0 Å². The first-order valence-corrected chi connectivity index (χ1v) is 4.54. The van der Waals surface area contributed by atoms with E-state index < -0.39 is 0 Å². The highest BCUT2D eigenvalue weighted by Gasteiger charge is 2.05. The molecule has 1 rings (SSSR count). The number of carbonyl (C=O) groups is 1. The van der Waals surface area contributed by atoms with Gasteiger partial charge in [-0.1, -0.05) is 19.1 Å². The summed E-state index contributed by atoms with van der Waals surface area (Å²) in [5, 5.41) is 0. The summed E-state index contributed by atoms with van der Waals surface area (Å²) in [6.45, 7) is 4.29. The van der Waals surface area contributed by atoms with Crippen molar-refractivity contribution in [3.63, 3.8) is 0 Å². The van der Waals surface area contributed by atoms with E-state index in [2.05, 4.69) is 6.92 Å². The minimum absolute atomic E-state index is 0.238. The SMILES string of the molecule is CCOC(=O)c1cccc(CC)c1. The zero-order valence-electron chi connectivity index (χ0n) is 8.04. The molecule has 13 heavy (non-hydrogen) atoms. The zero-order chi connectivity index (χ0) is 9.68. The van der Waals surface area contributed by atoms with Crippen molar-refractivity contribution < 1.29 is 9.53 Å². The van der Waals surface area contributed by atoms with E-state index in [0.29, 0.717) is 12.2 Å². The Morgan fingerprint density at radius 3 is 2.77 bits per heavy atom. The summed E-state index contributed by atoms with van der Waals surface area (Å²) in [6, 6.07) is 7.53. The van der Waals surface area contributed by atoms with Gasteiger partial charge in [0, 0.05) is 0 Å². The van der Waals surface area contributed by atoms with Crippen molar-refractivity contribution in [3.8, 4) is 0 Å². The molecule has 0 saturated heterocycles. The van der Waals surface area contributed by atoms with Crippen LogP contribution >= 0.6 is 0 Å². The molecular formula is C11H14O2. The van der Waals surface area contributed by atoms with Gasteiger partial charge >= 0.3 is 5.97 Å². The van der Waals surface area contributed by atoms with Gasteiger partial charge in [-0.2, -0.15) is 0 Å². The van der Waals surface area contributed by atoms with Crippen LogP contribution in [0, 0.1) is 0 Å². The van der Waals surface area contributed by atoms with Crippen molar-refractivity contribution in [2.75, 3.05) is 6.61 Å². The van der Waals surface area contributed by atoms with Crippen molar-refractivity contribution in [2.24, 2.45) is 0 Å². The lowest BCUT2D eigenvalue weighted by atomic mass is 10.1. The molecule has 0 unspecified atom stereocenters. The monoisotopic (exact) mass is 178 g/mol. The van der Waals surface area contributed by atoms with Crippen LogP contribution in [0.25, 0.3) is 0 Å². The van der Waals surface area contributed by atoms with Crippen LogP contribution in [0.4, 0.5) is 0 Å². The van der Waals surface area contributed by atoms with Crippen molar-refractivity contribution in [2.45, 2.75) is 20.3 Å². The maximum Gasteiger partial charge on any atom is 0.338 e. The lowest BCUT2D eigenvalue weighted by Gasteiger charge is -2.02. The third kappa shape index (κ3) is 2.58. The van der Waals surface area contributed by atoms with E-state index in [0.717, 1.165) is 12.0 Å². The Kier molecular flexibility index (Phi) is 3.50. The van der Waals surface area contributed by atoms with Gasteiger partial charge in [0.2, 0.25) is 0 Å². The third-order valence-corrected chi connectivity index (χ3v) is 1.85. The van der Waals surface area contributed by atoms with Gasteiger partial charge < -0.3 is 4.74 Å². The maximum atomic E-state index is 11.3. The molecule has 0 atom stereocenters. The van der Waals surface area contributed by atoms with Crippen LogP contribution in [0.2, 0.25) is 0 Å². The fourth-order valence-corrected chi connectivity index (χ4v) is 1.13. The number of hydrogen-bond acceptors (Lipinski definition) is 2. The molecule has 0 aromatic heterocycles. The molecular weight excluding hydrogens is 164 g/mol. The Labute approximate surface area is 78.5 Å². The summed E-state index contributed by atoms with van der Waals surface area (Å²) < 4.78 is 4.89. The first-order valence-electron chi connectivity index (χ1n) is 4.54. The molecule has 0 heterocycles. The molecule has 0 amide bonds. The molecule has 0 aliphatic rings. The van der Waals surface area contributed by atoms with Gasteiger partial charge in [0.15, 0.2) is 0 Å². The fraction of sp³-hybridized carbons (Fsp3) is 0.364. The molecule has 1 aromatic carbocycles. The molecule has 0 fully saturated rings. The molecule has 0 saturated carbocycles. The summed E-state index contributed by atoms with van der Waals surface area (Å²) in [5.74, 6) is -0.238. The summed E-state index contributed by atoms with van der Waals surface area (Å²) >= 11 is 0. The van der Waals surface area contributed by atoms with Crippen LogP contribution in [0.1, 0.15) is 29.8 Å². The van der Waals surface area contributed by atoms with Crippen molar-refractivity contribution >= 4 is 5.97 Å². The predicted octanol–water partition coefficient (Wildman–Crippen LogP) is 2.43. The van der Waals surface area contributed by atoms with Crippen LogP contribution < -0.4 is 0 Å². The highest BCUT2D eigenvalue weighted by molar-refractivity contribution is 5.89. The smallest absolute Gasteiger partial charge is 0.338 e. The second-order valence-electron chi connectivity index (χ2n) is 2.77. The zero-order valence-corrected chi connectivity index (χ0v) is 8.04. The molecule has 0 radical (unpaired) electrons. The van der Waals surface area contributed by atoms with Crippen molar-refractivity contribution in [3.05, 3.63) is 35.4 Å². The molecule has 70 valence electrons. The highest BCUT2D eigenvalue weighted by Crippen LogP contribution is 2.07. The number of aryl methyl sites for hydroxylation is 1. The van der Waals surface area contributed by atoms with E-state index in [9.17, 15) is 4.79 Å². The van der Waals surface area contributed by atoms with Crippen LogP contribution in [0.5, 0.6) is 0 Å². The largest absolute Gasteiger partial charge is 0.462 e. The summed E-state index contributed by atoms with van der Waals surface area (Å²) in [4.78, 5) is 11.3. The molecule has 0 bridgehead atoms. The minimum atomic E-state index is -0.238. The third-order valence-electron chi connectivity index (χ3n) is 1.85. The van der Waals surface area contributed by atoms with Gasteiger partial charge in [-0.25, -0.2) is 4.79 Å². The molecule has 0 aliphatic heterocycles. The van der Waals surface area contributed by atoms with E-state index >= 15 is 0 Å². The topological polar surface area (TPSA) is 26.3 Å². The lowest BCUT2D eigenvalue weighted by Crippen LogP contribution is -2.04. The van der Waals surface area contributed by atoms with Gasteiger partial charge in [-0.3, -0.25) is 0 Å². The first-order chi connectivity index (χ1) is 6.27. The van der Waals surface area contributed by atoms with E-state index in [-0.39, 0.29) is 5.97 Å². The number of esters is 1. The van der Waals surface area contributed by atoms with E-state index in [4.69, 9.17) is 4.74 Å².